The van der Waals surface area contributed by atoms with E-state index in [0.717, 1.165) is 56.0 Å². The smallest absolute Gasteiger partial charge is 0.280 e. The van der Waals surface area contributed by atoms with Crippen molar-refractivity contribution < 1.29 is 13.2 Å². The highest BCUT2D eigenvalue weighted by atomic mass is 79.9. The van der Waals surface area contributed by atoms with Crippen LogP contribution in [0.3, 0.4) is 0 Å². The van der Waals surface area contributed by atoms with Crippen molar-refractivity contribution in [3.8, 4) is 0 Å². The Kier molecular flexibility index (Phi) is 7.39. The fourth-order valence-electron chi connectivity index (χ4n) is 4.49. The molecule has 3 heterocycles. The molecule has 2 saturated heterocycles. The maximum absolute atomic E-state index is 13.3. The first-order chi connectivity index (χ1) is 17.2. The molecule has 192 valence electrons. The molecule has 12 heteroatoms. The average molecular weight is 597 g/mol. The van der Waals surface area contributed by atoms with Gasteiger partial charge in [-0.3, -0.25) is 20.0 Å². The molecule has 3 aromatic rings. The third-order valence-corrected chi connectivity index (χ3v) is 9.52. The van der Waals surface area contributed by atoms with Gasteiger partial charge in [0.1, 0.15) is 6.33 Å². The second kappa shape index (κ2) is 10.4. The molecule has 0 bridgehead atoms. The van der Waals surface area contributed by atoms with E-state index in [9.17, 15) is 13.2 Å². The fourth-order valence-corrected chi connectivity index (χ4v) is 6.16. The molecule has 0 spiro atoms. The number of piperazine rings is 1. The number of anilines is 1. The summed E-state index contributed by atoms with van der Waals surface area (Å²) in [5, 5.41) is 0.765. The van der Waals surface area contributed by atoms with Crippen LogP contribution in [-0.4, -0.2) is 79.1 Å². The SMILES string of the molecule is CCS(=O)(=O)c1ccc(Cl)cc1Nn1cnc2cc(CN3CCN(C4COC4)CC3)c(Br)cc2c1=O. The predicted molar refractivity (Wildman–Crippen MR) is 143 cm³/mol. The Balaban J connectivity index is 1.38. The van der Waals surface area contributed by atoms with E-state index in [4.69, 9.17) is 16.3 Å². The number of halogens is 2. The Labute approximate surface area is 223 Å². The van der Waals surface area contributed by atoms with Gasteiger partial charge in [-0.05, 0) is 35.9 Å². The van der Waals surface area contributed by atoms with Gasteiger partial charge < -0.3 is 4.74 Å². The second-order valence-corrected chi connectivity index (χ2v) is 12.6. The van der Waals surface area contributed by atoms with Crippen LogP contribution in [0.4, 0.5) is 5.69 Å². The van der Waals surface area contributed by atoms with Crippen molar-refractivity contribution in [3.05, 3.63) is 62.1 Å². The lowest BCUT2D eigenvalue weighted by Gasteiger charge is -2.42. The molecular formula is C24H27BrClN5O4S. The molecule has 2 aliphatic heterocycles. The molecule has 1 N–H and O–H groups in total. The molecule has 2 aliphatic rings. The quantitative estimate of drug-likeness (QED) is 0.445. The largest absolute Gasteiger partial charge is 0.378 e. The highest BCUT2D eigenvalue weighted by molar-refractivity contribution is 9.10. The summed E-state index contributed by atoms with van der Waals surface area (Å²) in [5.41, 5.74) is 4.39. The summed E-state index contributed by atoms with van der Waals surface area (Å²) in [6.07, 6.45) is 1.37. The van der Waals surface area contributed by atoms with Gasteiger partial charge in [0.25, 0.3) is 5.56 Å². The molecule has 2 fully saturated rings. The van der Waals surface area contributed by atoms with Gasteiger partial charge in [0.05, 0.1) is 46.5 Å². The molecule has 2 aromatic carbocycles. The summed E-state index contributed by atoms with van der Waals surface area (Å²) >= 11 is 9.74. The first kappa shape index (κ1) is 25.6. The molecule has 5 rings (SSSR count). The Morgan fingerprint density at radius 1 is 1.17 bits per heavy atom. The van der Waals surface area contributed by atoms with Crippen LogP contribution < -0.4 is 11.0 Å². The molecule has 1 aromatic heterocycles. The molecule has 0 saturated carbocycles. The van der Waals surface area contributed by atoms with Crippen LogP contribution in [0, 0.1) is 0 Å². The molecular weight excluding hydrogens is 570 g/mol. The van der Waals surface area contributed by atoms with E-state index < -0.39 is 9.84 Å². The third-order valence-electron chi connectivity index (χ3n) is 6.76. The van der Waals surface area contributed by atoms with Crippen LogP contribution in [0.15, 0.2) is 50.8 Å². The highest BCUT2D eigenvalue weighted by Crippen LogP contribution is 2.27. The van der Waals surface area contributed by atoms with Crippen molar-refractivity contribution in [2.24, 2.45) is 0 Å². The van der Waals surface area contributed by atoms with E-state index in [0.29, 0.717) is 22.0 Å². The maximum atomic E-state index is 13.3. The molecule has 9 nitrogen and oxygen atoms in total. The monoisotopic (exact) mass is 595 g/mol. The minimum atomic E-state index is -3.53. The van der Waals surface area contributed by atoms with Gasteiger partial charge in [-0.15, -0.1) is 0 Å². The Morgan fingerprint density at radius 3 is 2.58 bits per heavy atom. The molecule has 0 aliphatic carbocycles. The van der Waals surface area contributed by atoms with Crippen molar-refractivity contribution >= 4 is 54.0 Å². The lowest BCUT2D eigenvalue weighted by molar-refractivity contribution is -0.0774. The van der Waals surface area contributed by atoms with Gasteiger partial charge in [-0.2, -0.15) is 0 Å². The van der Waals surface area contributed by atoms with Crippen LogP contribution in [0.1, 0.15) is 12.5 Å². The van der Waals surface area contributed by atoms with E-state index in [1.165, 1.54) is 29.2 Å². The molecule has 0 amide bonds. The van der Waals surface area contributed by atoms with Crippen molar-refractivity contribution in [1.29, 1.82) is 0 Å². The Morgan fingerprint density at radius 2 is 1.92 bits per heavy atom. The van der Waals surface area contributed by atoms with Crippen LogP contribution >= 0.6 is 27.5 Å². The van der Waals surface area contributed by atoms with Gasteiger partial charge in [0.15, 0.2) is 9.84 Å². The summed E-state index contributed by atoms with van der Waals surface area (Å²) in [6.45, 7) is 7.99. The fraction of sp³-hybridized carbons (Fsp3) is 0.417. The number of hydrogen-bond donors (Lipinski definition) is 1. The second-order valence-electron chi connectivity index (χ2n) is 9.04. The molecule has 0 radical (unpaired) electrons. The summed E-state index contributed by atoms with van der Waals surface area (Å²) in [5.74, 6) is -0.0754. The van der Waals surface area contributed by atoms with E-state index in [1.54, 1.807) is 13.0 Å². The highest BCUT2D eigenvalue weighted by Gasteiger charge is 2.29. The average Bonchev–Trinajstić information content (AvgIpc) is 2.82. The molecule has 36 heavy (non-hydrogen) atoms. The van der Waals surface area contributed by atoms with Gasteiger partial charge in [-0.1, -0.05) is 34.5 Å². The van der Waals surface area contributed by atoms with Crippen LogP contribution in [0.2, 0.25) is 5.02 Å². The first-order valence-electron chi connectivity index (χ1n) is 11.8. The summed E-state index contributed by atoms with van der Waals surface area (Å²) < 4.78 is 32.4. The number of sulfone groups is 1. The predicted octanol–water partition coefficient (Wildman–Crippen LogP) is 3.00. The topological polar surface area (TPSA) is 96.8 Å². The maximum Gasteiger partial charge on any atom is 0.280 e. The lowest BCUT2D eigenvalue weighted by atomic mass is 10.1. The zero-order valence-corrected chi connectivity index (χ0v) is 22.9. The van der Waals surface area contributed by atoms with Crippen molar-refractivity contribution in [1.82, 2.24) is 19.5 Å². The third kappa shape index (κ3) is 5.18. The number of nitrogens with one attached hydrogen (secondary N) is 1. The van der Waals surface area contributed by atoms with Crippen LogP contribution in [0.25, 0.3) is 10.9 Å². The van der Waals surface area contributed by atoms with Gasteiger partial charge in [0, 0.05) is 42.2 Å². The molecule has 0 unspecified atom stereocenters. The number of benzene rings is 2. The summed E-state index contributed by atoms with van der Waals surface area (Å²) in [4.78, 5) is 22.7. The van der Waals surface area contributed by atoms with E-state index in [1.807, 2.05) is 6.07 Å². The zero-order chi connectivity index (χ0) is 25.4. The zero-order valence-electron chi connectivity index (χ0n) is 19.8. The van der Waals surface area contributed by atoms with E-state index >= 15 is 0 Å². The van der Waals surface area contributed by atoms with E-state index in [2.05, 4.69) is 36.1 Å². The lowest BCUT2D eigenvalue weighted by Crippen LogP contribution is -2.56. The number of hydrogen-bond acceptors (Lipinski definition) is 8. The number of nitrogens with zero attached hydrogens (tertiary/aromatic N) is 4. The minimum absolute atomic E-state index is 0.0721. The van der Waals surface area contributed by atoms with Gasteiger partial charge in [0.2, 0.25) is 0 Å². The number of rotatable bonds is 7. The Hall–Kier alpha value is -2.02. The van der Waals surface area contributed by atoms with E-state index in [-0.39, 0.29) is 21.9 Å². The van der Waals surface area contributed by atoms with Gasteiger partial charge >= 0.3 is 0 Å². The van der Waals surface area contributed by atoms with Crippen molar-refractivity contribution in [2.75, 3.05) is 50.6 Å². The van der Waals surface area contributed by atoms with Crippen molar-refractivity contribution in [2.45, 2.75) is 24.4 Å². The normalized spacial score (nSPS) is 17.9. The van der Waals surface area contributed by atoms with Crippen LogP contribution in [0.5, 0.6) is 0 Å². The van der Waals surface area contributed by atoms with Crippen molar-refractivity contribution in [3.63, 3.8) is 0 Å². The standard InChI is InChI=1S/C24H27BrClN5O4S/c1-2-36(33,34)23-4-3-17(26)10-22(23)28-31-15-27-21-9-16(20(25)11-19(21)24(31)32)12-29-5-7-30(8-6-29)18-13-35-14-18/h3-4,9-11,15,18,28H,2,5-8,12-14H2,1H3. The Bertz CT molecular complexity index is 1450. The number of ether oxygens (including phenoxy) is 1. The van der Waals surface area contributed by atoms with Crippen LogP contribution in [-0.2, 0) is 21.1 Å². The summed E-state index contributed by atoms with van der Waals surface area (Å²) in [6, 6.07) is 8.70. The first-order valence-corrected chi connectivity index (χ1v) is 14.6. The molecule has 0 atom stereocenters. The summed E-state index contributed by atoms with van der Waals surface area (Å²) in [7, 11) is -3.53. The van der Waals surface area contributed by atoms with Gasteiger partial charge in [-0.25, -0.2) is 18.1 Å². The number of fused-ring (bicyclic) bond motifs is 1. The number of aromatic nitrogens is 2. The minimum Gasteiger partial charge on any atom is -0.378 e.